The predicted octanol–water partition coefficient (Wildman–Crippen LogP) is 2.34. The van der Waals surface area contributed by atoms with Gasteiger partial charge in [0.1, 0.15) is 11.6 Å². The van der Waals surface area contributed by atoms with E-state index in [-0.39, 0.29) is 5.65 Å². The summed E-state index contributed by atoms with van der Waals surface area (Å²) in [5.41, 5.74) is 2.02. The van der Waals surface area contributed by atoms with E-state index in [0.29, 0.717) is 25.5 Å². The minimum absolute atomic E-state index is 0.0737. The molecule has 0 unspecified atom stereocenters. The van der Waals surface area contributed by atoms with Crippen LogP contribution in [0.15, 0.2) is 36.4 Å². The van der Waals surface area contributed by atoms with Crippen LogP contribution in [0.2, 0.25) is 0 Å². The SMILES string of the molecule is FC(F)(F)c1nnc2ccc(N3CCN(Cc4nc5ccccc5[nH]4)CC3)nn12. The van der Waals surface area contributed by atoms with Gasteiger partial charge < -0.3 is 9.88 Å². The van der Waals surface area contributed by atoms with E-state index in [1.807, 2.05) is 29.2 Å². The molecule has 29 heavy (non-hydrogen) atoms. The van der Waals surface area contributed by atoms with E-state index in [1.165, 1.54) is 6.07 Å². The number of alkyl halides is 3. The molecule has 0 amide bonds. The van der Waals surface area contributed by atoms with E-state index in [0.717, 1.165) is 34.5 Å². The minimum Gasteiger partial charge on any atom is -0.353 e. The number of benzene rings is 1. The van der Waals surface area contributed by atoms with Gasteiger partial charge in [-0.25, -0.2) is 4.98 Å². The summed E-state index contributed by atoms with van der Waals surface area (Å²) in [5, 5.41) is 10.9. The van der Waals surface area contributed by atoms with Gasteiger partial charge in [0.05, 0.1) is 17.6 Å². The lowest BCUT2D eigenvalue weighted by atomic mass is 10.3. The number of halogens is 3. The molecule has 4 aromatic rings. The third-order valence-corrected chi connectivity index (χ3v) is 5.01. The van der Waals surface area contributed by atoms with Crippen LogP contribution in [0.1, 0.15) is 11.6 Å². The summed E-state index contributed by atoms with van der Waals surface area (Å²) in [6.07, 6.45) is -4.60. The molecule has 0 spiro atoms. The maximum absolute atomic E-state index is 13.1. The summed E-state index contributed by atoms with van der Waals surface area (Å²) < 4.78 is 40.0. The van der Waals surface area contributed by atoms with Gasteiger partial charge in [0.25, 0.3) is 5.82 Å². The summed E-state index contributed by atoms with van der Waals surface area (Å²) in [7, 11) is 0. The number of nitrogens with zero attached hydrogens (tertiary/aromatic N) is 7. The fourth-order valence-corrected chi connectivity index (χ4v) is 3.55. The standard InChI is InChI=1S/C18H17F3N8/c19-18(20,21)17-25-24-15-5-6-16(26-29(15)17)28-9-7-27(8-10-28)11-14-22-12-3-1-2-4-13(12)23-14/h1-6H,7-11H2,(H,22,23). The van der Waals surface area contributed by atoms with Gasteiger partial charge in [0.15, 0.2) is 5.65 Å². The van der Waals surface area contributed by atoms with Crippen LogP contribution in [0.25, 0.3) is 16.7 Å². The van der Waals surface area contributed by atoms with E-state index in [4.69, 9.17) is 0 Å². The van der Waals surface area contributed by atoms with Crippen molar-refractivity contribution in [1.29, 1.82) is 0 Å². The van der Waals surface area contributed by atoms with Crippen molar-refractivity contribution in [3.8, 4) is 0 Å². The summed E-state index contributed by atoms with van der Waals surface area (Å²) in [6, 6.07) is 11.1. The average molecular weight is 402 g/mol. The van der Waals surface area contributed by atoms with Crippen LogP contribution in [0, 0.1) is 0 Å². The van der Waals surface area contributed by atoms with Gasteiger partial charge in [0.2, 0.25) is 0 Å². The lowest BCUT2D eigenvalue weighted by Gasteiger charge is -2.34. The van der Waals surface area contributed by atoms with Crippen LogP contribution in [0.4, 0.5) is 19.0 Å². The topological polar surface area (TPSA) is 78.2 Å². The molecular formula is C18H17F3N8. The summed E-state index contributed by atoms with van der Waals surface area (Å²) in [5.74, 6) is 0.266. The minimum atomic E-state index is -4.60. The van der Waals surface area contributed by atoms with Gasteiger partial charge in [-0.2, -0.15) is 17.7 Å². The highest BCUT2D eigenvalue weighted by atomic mass is 19.4. The number of nitrogens with one attached hydrogen (secondary N) is 1. The van der Waals surface area contributed by atoms with Crippen molar-refractivity contribution >= 4 is 22.5 Å². The second-order valence-electron chi connectivity index (χ2n) is 6.95. The number of para-hydroxylation sites is 2. The first-order valence-corrected chi connectivity index (χ1v) is 9.18. The van der Waals surface area contributed by atoms with E-state index in [1.54, 1.807) is 6.07 Å². The fourth-order valence-electron chi connectivity index (χ4n) is 3.55. The first kappa shape index (κ1) is 17.9. The molecule has 1 aromatic carbocycles. The number of piperazine rings is 1. The quantitative estimate of drug-likeness (QED) is 0.567. The number of imidazole rings is 1. The fraction of sp³-hybridized carbons (Fsp3) is 0.333. The largest absolute Gasteiger partial charge is 0.453 e. The molecule has 8 nitrogen and oxygen atoms in total. The van der Waals surface area contributed by atoms with Crippen LogP contribution in [-0.4, -0.2) is 60.9 Å². The molecule has 1 aliphatic rings. The Morgan fingerprint density at radius 1 is 0.966 bits per heavy atom. The van der Waals surface area contributed by atoms with Crippen LogP contribution in [0.5, 0.6) is 0 Å². The number of hydrogen-bond acceptors (Lipinski definition) is 6. The highest BCUT2D eigenvalue weighted by Gasteiger charge is 2.37. The number of anilines is 1. The monoisotopic (exact) mass is 402 g/mol. The first-order chi connectivity index (χ1) is 14.0. The highest BCUT2D eigenvalue weighted by Crippen LogP contribution is 2.28. The molecule has 150 valence electrons. The van der Waals surface area contributed by atoms with Crippen LogP contribution in [0.3, 0.4) is 0 Å². The molecule has 1 N–H and O–H groups in total. The smallest absolute Gasteiger partial charge is 0.353 e. The van der Waals surface area contributed by atoms with Gasteiger partial charge in [0, 0.05) is 26.2 Å². The molecule has 0 aliphatic carbocycles. The van der Waals surface area contributed by atoms with Crippen LogP contribution >= 0.6 is 0 Å². The zero-order valence-corrected chi connectivity index (χ0v) is 15.3. The van der Waals surface area contributed by atoms with Gasteiger partial charge in [-0.15, -0.1) is 15.3 Å². The Hall–Kier alpha value is -3.21. The van der Waals surface area contributed by atoms with Crippen molar-refractivity contribution in [3.05, 3.63) is 48.0 Å². The second kappa shape index (κ2) is 6.69. The number of aromatic amines is 1. The maximum Gasteiger partial charge on any atom is 0.453 e. The molecule has 1 aliphatic heterocycles. The Morgan fingerprint density at radius 3 is 2.52 bits per heavy atom. The molecule has 0 radical (unpaired) electrons. The van der Waals surface area contributed by atoms with E-state index in [9.17, 15) is 13.2 Å². The molecule has 4 heterocycles. The van der Waals surface area contributed by atoms with Crippen molar-refractivity contribution in [2.24, 2.45) is 0 Å². The van der Waals surface area contributed by atoms with Crippen LogP contribution in [-0.2, 0) is 12.7 Å². The van der Waals surface area contributed by atoms with Crippen molar-refractivity contribution in [2.75, 3.05) is 31.1 Å². The molecule has 0 bridgehead atoms. The van der Waals surface area contributed by atoms with Gasteiger partial charge in [-0.05, 0) is 24.3 Å². The molecule has 3 aromatic heterocycles. The number of rotatable bonds is 3. The molecule has 0 atom stereocenters. The van der Waals surface area contributed by atoms with Crippen molar-refractivity contribution in [3.63, 3.8) is 0 Å². The lowest BCUT2D eigenvalue weighted by molar-refractivity contribution is -0.146. The van der Waals surface area contributed by atoms with Gasteiger partial charge >= 0.3 is 6.18 Å². The molecule has 1 fully saturated rings. The predicted molar refractivity (Wildman–Crippen MR) is 99.4 cm³/mol. The third kappa shape index (κ3) is 3.37. The number of H-pyrrole nitrogens is 1. The number of hydrogen-bond donors (Lipinski definition) is 1. The Morgan fingerprint density at radius 2 is 1.76 bits per heavy atom. The number of aromatic nitrogens is 6. The molecule has 1 saturated heterocycles. The van der Waals surface area contributed by atoms with Gasteiger partial charge in [-0.1, -0.05) is 12.1 Å². The normalized spacial score (nSPS) is 16.2. The van der Waals surface area contributed by atoms with Crippen molar-refractivity contribution < 1.29 is 13.2 Å². The molecule has 5 rings (SSSR count). The Kier molecular flexibility index (Phi) is 4.12. The average Bonchev–Trinajstić information content (AvgIpc) is 3.31. The third-order valence-electron chi connectivity index (χ3n) is 5.01. The van der Waals surface area contributed by atoms with Crippen molar-refractivity contribution in [2.45, 2.75) is 12.7 Å². The summed E-state index contributed by atoms with van der Waals surface area (Å²) in [4.78, 5) is 12.1. The van der Waals surface area contributed by atoms with Gasteiger partial charge in [-0.3, -0.25) is 4.90 Å². The van der Waals surface area contributed by atoms with Crippen LogP contribution < -0.4 is 4.90 Å². The second-order valence-corrected chi connectivity index (χ2v) is 6.95. The lowest BCUT2D eigenvalue weighted by Crippen LogP contribution is -2.46. The Balaban J connectivity index is 1.29. The van der Waals surface area contributed by atoms with E-state index in [2.05, 4.69) is 30.2 Å². The van der Waals surface area contributed by atoms with E-state index >= 15 is 0 Å². The Bertz CT molecular complexity index is 1120. The van der Waals surface area contributed by atoms with Crippen molar-refractivity contribution in [1.82, 2.24) is 34.7 Å². The molecule has 0 saturated carbocycles. The van der Waals surface area contributed by atoms with E-state index < -0.39 is 12.0 Å². The zero-order valence-electron chi connectivity index (χ0n) is 15.3. The highest BCUT2D eigenvalue weighted by molar-refractivity contribution is 5.74. The summed E-state index contributed by atoms with van der Waals surface area (Å²) >= 11 is 0. The maximum atomic E-state index is 13.1. The molecular weight excluding hydrogens is 385 g/mol. The first-order valence-electron chi connectivity index (χ1n) is 9.18. The zero-order chi connectivity index (χ0) is 20.0. The molecule has 11 heteroatoms. The number of fused-ring (bicyclic) bond motifs is 2. The summed E-state index contributed by atoms with van der Waals surface area (Å²) in [6.45, 7) is 3.51. The Labute approximate surface area is 163 Å².